The number of carbonyl (C=O) groups is 1. The molecule has 6 nitrogen and oxygen atoms in total. The van der Waals surface area contributed by atoms with Gasteiger partial charge in [-0.05, 0) is 23.8 Å². The minimum absolute atomic E-state index is 0.106. The third-order valence-electron chi connectivity index (χ3n) is 2.72. The fraction of sp³-hybridized carbons (Fsp3) is 0.0714. The van der Waals surface area contributed by atoms with Crippen molar-refractivity contribution >= 4 is 11.7 Å². The third-order valence-corrected chi connectivity index (χ3v) is 2.72. The molecule has 0 heterocycles. The van der Waals surface area contributed by atoms with E-state index in [2.05, 4.69) is 0 Å². The number of hydrogen-bond donors (Lipinski definition) is 1. The van der Waals surface area contributed by atoms with Crippen LogP contribution in [0.4, 0.5) is 10.1 Å². The summed E-state index contributed by atoms with van der Waals surface area (Å²) in [6, 6.07) is 8.98. The van der Waals surface area contributed by atoms with Crippen LogP contribution in [0.15, 0.2) is 42.5 Å². The number of aromatic carboxylic acids is 1. The minimum atomic E-state index is -1.33. The van der Waals surface area contributed by atoms with Crippen LogP contribution >= 0.6 is 0 Å². The lowest BCUT2D eigenvalue weighted by Gasteiger charge is -2.09. The molecule has 2 aromatic rings. The van der Waals surface area contributed by atoms with Gasteiger partial charge in [0.25, 0.3) is 0 Å². The molecule has 0 aliphatic heterocycles. The minimum Gasteiger partial charge on any atom is -0.481 e. The number of para-hydroxylation sites is 1. The van der Waals surface area contributed by atoms with E-state index < -0.39 is 22.4 Å². The van der Waals surface area contributed by atoms with E-state index in [1.165, 1.54) is 36.4 Å². The van der Waals surface area contributed by atoms with Gasteiger partial charge < -0.3 is 9.84 Å². The van der Waals surface area contributed by atoms with E-state index in [0.29, 0.717) is 5.56 Å². The van der Waals surface area contributed by atoms with Crippen molar-refractivity contribution < 1.29 is 24.0 Å². The van der Waals surface area contributed by atoms with Crippen molar-refractivity contribution in [3.8, 4) is 5.75 Å². The molecule has 0 aliphatic carbocycles. The van der Waals surface area contributed by atoms with E-state index in [1.54, 1.807) is 0 Å². The number of nitro benzene ring substituents is 1. The molecule has 7 heteroatoms. The van der Waals surface area contributed by atoms with Crippen molar-refractivity contribution in [1.29, 1.82) is 0 Å². The maximum atomic E-state index is 12.8. The number of nitro groups is 1. The van der Waals surface area contributed by atoms with Crippen LogP contribution in [0.2, 0.25) is 0 Å². The van der Waals surface area contributed by atoms with Crippen LogP contribution in [0, 0.1) is 15.9 Å². The van der Waals surface area contributed by atoms with Gasteiger partial charge in [-0.25, -0.2) is 9.18 Å². The van der Waals surface area contributed by atoms with Gasteiger partial charge >= 0.3 is 11.7 Å². The first-order valence-corrected chi connectivity index (χ1v) is 5.87. The molecular weight excluding hydrogens is 281 g/mol. The van der Waals surface area contributed by atoms with Crippen LogP contribution < -0.4 is 4.74 Å². The van der Waals surface area contributed by atoms with Gasteiger partial charge in [0, 0.05) is 6.07 Å². The zero-order valence-corrected chi connectivity index (χ0v) is 10.7. The summed E-state index contributed by atoms with van der Waals surface area (Å²) < 4.78 is 18.1. The first-order chi connectivity index (χ1) is 9.99. The predicted octanol–water partition coefficient (Wildman–Crippen LogP) is 3.01. The first kappa shape index (κ1) is 14.4. The van der Waals surface area contributed by atoms with Gasteiger partial charge in [-0.3, -0.25) is 10.1 Å². The lowest BCUT2D eigenvalue weighted by Crippen LogP contribution is -2.06. The maximum Gasteiger partial charge on any atom is 0.339 e. The fourth-order valence-electron chi connectivity index (χ4n) is 1.72. The van der Waals surface area contributed by atoms with Crippen LogP contribution in [-0.2, 0) is 6.61 Å². The number of carboxylic acid groups (broad SMARTS) is 1. The summed E-state index contributed by atoms with van der Waals surface area (Å²) in [5, 5.41) is 20.0. The summed E-state index contributed by atoms with van der Waals surface area (Å²) in [4.78, 5) is 21.3. The SMILES string of the molecule is O=C(O)c1cccc([N+](=O)[O-])c1OCc1ccc(F)cc1. The lowest BCUT2D eigenvalue weighted by molar-refractivity contribution is -0.386. The Kier molecular flexibility index (Phi) is 4.13. The normalized spacial score (nSPS) is 10.1. The largest absolute Gasteiger partial charge is 0.481 e. The number of carboxylic acids is 1. The van der Waals surface area contributed by atoms with Gasteiger partial charge in [-0.1, -0.05) is 18.2 Å². The van der Waals surface area contributed by atoms with E-state index in [1.807, 2.05) is 0 Å². The molecule has 0 saturated heterocycles. The Labute approximate surface area is 118 Å². The molecule has 0 aliphatic rings. The molecule has 2 rings (SSSR count). The number of hydrogen-bond acceptors (Lipinski definition) is 4. The van der Waals surface area contributed by atoms with E-state index in [0.717, 1.165) is 6.07 Å². The Morgan fingerprint density at radius 2 is 1.90 bits per heavy atom. The van der Waals surface area contributed by atoms with Crippen LogP contribution in [-0.4, -0.2) is 16.0 Å². The number of benzene rings is 2. The summed E-state index contributed by atoms with van der Waals surface area (Å²) in [5.74, 6) is -2.07. The second kappa shape index (κ2) is 6.00. The molecule has 108 valence electrons. The Bertz CT molecular complexity index is 652. The Morgan fingerprint density at radius 3 is 2.48 bits per heavy atom. The molecule has 0 atom stereocenters. The molecule has 0 spiro atoms. The van der Waals surface area contributed by atoms with Crippen molar-refractivity contribution in [1.82, 2.24) is 0 Å². The first-order valence-electron chi connectivity index (χ1n) is 5.87. The van der Waals surface area contributed by atoms with E-state index in [9.17, 15) is 19.3 Å². The highest BCUT2D eigenvalue weighted by Crippen LogP contribution is 2.31. The van der Waals surface area contributed by atoms with Crippen LogP contribution in [0.1, 0.15) is 15.9 Å². The van der Waals surface area contributed by atoms with Crippen LogP contribution in [0.25, 0.3) is 0 Å². The van der Waals surface area contributed by atoms with E-state index in [4.69, 9.17) is 9.84 Å². The Morgan fingerprint density at radius 1 is 1.24 bits per heavy atom. The molecule has 1 N–H and O–H groups in total. The monoisotopic (exact) mass is 291 g/mol. The van der Waals surface area contributed by atoms with Gasteiger partial charge in [0.05, 0.1) is 4.92 Å². The molecule has 0 unspecified atom stereocenters. The third kappa shape index (κ3) is 3.33. The van der Waals surface area contributed by atoms with Gasteiger partial charge in [0.15, 0.2) is 0 Å². The number of halogens is 1. The number of rotatable bonds is 5. The molecule has 0 aromatic heterocycles. The standard InChI is InChI=1S/C14H10FNO5/c15-10-6-4-9(5-7-10)8-21-13-11(14(17)18)2-1-3-12(13)16(19)20/h1-7H,8H2,(H,17,18). The average molecular weight is 291 g/mol. The zero-order valence-electron chi connectivity index (χ0n) is 10.7. The van der Waals surface area contributed by atoms with Crippen molar-refractivity contribution in [2.24, 2.45) is 0 Å². The second-order valence-electron chi connectivity index (χ2n) is 4.13. The van der Waals surface area contributed by atoms with E-state index in [-0.39, 0.29) is 17.9 Å². The molecule has 21 heavy (non-hydrogen) atoms. The zero-order chi connectivity index (χ0) is 15.4. The number of nitrogens with zero attached hydrogens (tertiary/aromatic N) is 1. The lowest BCUT2D eigenvalue weighted by atomic mass is 10.1. The Hall–Kier alpha value is -2.96. The Balaban J connectivity index is 2.31. The molecule has 2 aromatic carbocycles. The molecule has 0 radical (unpaired) electrons. The average Bonchev–Trinajstić information content (AvgIpc) is 2.46. The van der Waals surface area contributed by atoms with Crippen molar-refractivity contribution in [3.63, 3.8) is 0 Å². The fourth-order valence-corrected chi connectivity index (χ4v) is 1.72. The highest BCUT2D eigenvalue weighted by molar-refractivity contribution is 5.92. The highest BCUT2D eigenvalue weighted by Gasteiger charge is 2.22. The van der Waals surface area contributed by atoms with Crippen molar-refractivity contribution in [2.45, 2.75) is 6.61 Å². The topological polar surface area (TPSA) is 89.7 Å². The van der Waals surface area contributed by atoms with Crippen LogP contribution in [0.3, 0.4) is 0 Å². The molecular formula is C14H10FNO5. The summed E-state index contributed by atoms with van der Waals surface area (Å²) in [6.07, 6.45) is 0. The van der Waals surface area contributed by atoms with Crippen molar-refractivity contribution in [3.05, 3.63) is 69.5 Å². The van der Waals surface area contributed by atoms with Gasteiger partial charge in [-0.15, -0.1) is 0 Å². The smallest absolute Gasteiger partial charge is 0.339 e. The van der Waals surface area contributed by atoms with E-state index >= 15 is 0 Å². The second-order valence-corrected chi connectivity index (χ2v) is 4.13. The quantitative estimate of drug-likeness (QED) is 0.675. The van der Waals surface area contributed by atoms with Crippen molar-refractivity contribution in [2.75, 3.05) is 0 Å². The molecule has 0 saturated carbocycles. The maximum absolute atomic E-state index is 12.8. The summed E-state index contributed by atoms with van der Waals surface area (Å²) in [7, 11) is 0. The van der Waals surface area contributed by atoms with Crippen LogP contribution in [0.5, 0.6) is 5.75 Å². The van der Waals surface area contributed by atoms with Gasteiger partial charge in [0.1, 0.15) is 18.0 Å². The summed E-state index contributed by atoms with van der Waals surface area (Å²) in [6.45, 7) is -0.106. The summed E-state index contributed by atoms with van der Waals surface area (Å²) >= 11 is 0. The predicted molar refractivity (Wildman–Crippen MR) is 70.8 cm³/mol. The molecule has 0 bridgehead atoms. The molecule has 0 fully saturated rings. The molecule has 0 amide bonds. The highest BCUT2D eigenvalue weighted by atomic mass is 19.1. The number of ether oxygens (including phenoxy) is 1. The summed E-state index contributed by atoms with van der Waals surface area (Å²) in [5.41, 5.74) is -0.172. The van der Waals surface area contributed by atoms with Gasteiger partial charge in [-0.2, -0.15) is 0 Å². The van der Waals surface area contributed by atoms with Gasteiger partial charge in [0.2, 0.25) is 5.75 Å².